The number of carbonyl (C=O) groups is 1. The van der Waals surface area contributed by atoms with Crippen molar-refractivity contribution in [1.82, 2.24) is 19.7 Å². The molecule has 1 aliphatic rings. The van der Waals surface area contributed by atoms with Gasteiger partial charge in [-0.3, -0.25) is 9.36 Å². The number of rotatable bonds is 8. The molecule has 0 bridgehead atoms. The molecule has 10 heteroatoms. The zero-order valence-corrected chi connectivity index (χ0v) is 20.5. The number of hydrogen-bond acceptors (Lipinski definition) is 8. The summed E-state index contributed by atoms with van der Waals surface area (Å²) in [5.41, 5.74) is 2.66. The SMILES string of the molecule is Cc1nc(-c2cccc(NC(=O)CSc3nnc(-c4cccs4)n3CC3CCCO3)c2)cs1. The number of aromatic nitrogens is 4. The Hall–Kier alpha value is -2.53. The fraction of sp³-hybridized carbons (Fsp3) is 0.304. The number of nitrogens with one attached hydrogen (secondary N) is 1. The molecule has 1 unspecified atom stereocenters. The molecule has 33 heavy (non-hydrogen) atoms. The van der Waals surface area contributed by atoms with Gasteiger partial charge >= 0.3 is 0 Å². The van der Waals surface area contributed by atoms with Gasteiger partial charge in [-0.25, -0.2) is 4.98 Å². The third-order valence-corrected chi connectivity index (χ3v) is 7.87. The summed E-state index contributed by atoms with van der Waals surface area (Å²) < 4.78 is 7.93. The van der Waals surface area contributed by atoms with Gasteiger partial charge in [0.1, 0.15) is 0 Å². The number of nitrogens with zero attached hydrogens (tertiary/aromatic N) is 4. The van der Waals surface area contributed by atoms with Crippen LogP contribution in [0.3, 0.4) is 0 Å². The van der Waals surface area contributed by atoms with Gasteiger partial charge in [0.05, 0.1) is 34.0 Å². The van der Waals surface area contributed by atoms with Crippen molar-refractivity contribution < 1.29 is 9.53 Å². The van der Waals surface area contributed by atoms with Gasteiger partial charge in [-0.05, 0) is 43.3 Å². The van der Waals surface area contributed by atoms with Crippen molar-refractivity contribution in [2.45, 2.75) is 37.6 Å². The monoisotopic (exact) mass is 497 g/mol. The third kappa shape index (κ3) is 5.35. The van der Waals surface area contributed by atoms with Gasteiger partial charge in [-0.1, -0.05) is 30.0 Å². The molecule has 0 radical (unpaired) electrons. The van der Waals surface area contributed by atoms with Crippen LogP contribution in [0.25, 0.3) is 22.0 Å². The maximum atomic E-state index is 12.7. The molecule has 1 amide bonds. The van der Waals surface area contributed by atoms with Gasteiger partial charge in [-0.15, -0.1) is 32.9 Å². The first kappa shape index (κ1) is 22.3. The first-order valence-electron chi connectivity index (χ1n) is 10.7. The van der Waals surface area contributed by atoms with Crippen LogP contribution < -0.4 is 5.32 Å². The van der Waals surface area contributed by atoms with E-state index < -0.39 is 0 Å². The largest absolute Gasteiger partial charge is 0.376 e. The van der Waals surface area contributed by atoms with Crippen molar-refractivity contribution in [3.05, 3.63) is 52.2 Å². The Balaban J connectivity index is 1.27. The summed E-state index contributed by atoms with van der Waals surface area (Å²) >= 11 is 4.64. The summed E-state index contributed by atoms with van der Waals surface area (Å²) in [6, 6.07) is 11.8. The lowest BCUT2D eigenvalue weighted by Crippen LogP contribution is -2.18. The van der Waals surface area contributed by atoms with Crippen molar-refractivity contribution >= 4 is 46.0 Å². The van der Waals surface area contributed by atoms with Crippen LogP contribution in [0.2, 0.25) is 0 Å². The van der Waals surface area contributed by atoms with E-state index in [4.69, 9.17) is 4.74 Å². The molecular weight excluding hydrogens is 474 g/mol. The molecule has 0 saturated carbocycles. The summed E-state index contributed by atoms with van der Waals surface area (Å²) in [7, 11) is 0. The molecule has 1 aliphatic heterocycles. The van der Waals surface area contributed by atoms with Crippen molar-refractivity contribution in [1.29, 1.82) is 0 Å². The number of aryl methyl sites for hydroxylation is 1. The standard InChI is InChI=1S/C23H23N5O2S3/c1-15-24-19(13-32-15)16-5-2-6-17(11-16)25-21(29)14-33-23-27-26-22(20-8-4-10-31-20)28(23)12-18-7-3-9-30-18/h2,4-6,8,10-11,13,18H,3,7,9,12,14H2,1H3,(H,25,29). The third-order valence-electron chi connectivity index (χ3n) is 5.26. The van der Waals surface area contributed by atoms with Crippen molar-refractivity contribution in [3.63, 3.8) is 0 Å². The highest BCUT2D eigenvalue weighted by molar-refractivity contribution is 7.99. The highest BCUT2D eigenvalue weighted by Crippen LogP contribution is 2.29. The first-order valence-corrected chi connectivity index (χ1v) is 13.4. The average Bonchev–Trinajstić information content (AvgIpc) is 3.61. The van der Waals surface area contributed by atoms with Gasteiger partial charge in [-0.2, -0.15) is 0 Å². The number of thioether (sulfide) groups is 1. The second kappa shape index (κ2) is 10.2. The Morgan fingerprint density at radius 3 is 2.97 bits per heavy atom. The topological polar surface area (TPSA) is 81.9 Å². The minimum atomic E-state index is -0.0871. The molecule has 3 aromatic heterocycles. The maximum Gasteiger partial charge on any atom is 0.234 e. The maximum absolute atomic E-state index is 12.7. The molecule has 1 atom stereocenters. The van der Waals surface area contributed by atoms with Crippen LogP contribution >= 0.6 is 34.4 Å². The van der Waals surface area contributed by atoms with E-state index in [-0.39, 0.29) is 17.8 Å². The molecule has 7 nitrogen and oxygen atoms in total. The summed E-state index contributed by atoms with van der Waals surface area (Å²) in [6.45, 7) is 3.48. The van der Waals surface area contributed by atoms with Crippen LogP contribution in [0, 0.1) is 6.92 Å². The Morgan fingerprint density at radius 2 is 2.21 bits per heavy atom. The number of amides is 1. The van der Waals surface area contributed by atoms with E-state index in [0.29, 0.717) is 6.54 Å². The van der Waals surface area contributed by atoms with Gasteiger partial charge < -0.3 is 10.1 Å². The number of carbonyl (C=O) groups excluding carboxylic acids is 1. The van der Waals surface area contributed by atoms with Crippen LogP contribution in [-0.4, -0.2) is 44.1 Å². The lowest BCUT2D eigenvalue weighted by Gasteiger charge is -2.14. The van der Waals surface area contributed by atoms with E-state index in [1.165, 1.54) is 11.8 Å². The Morgan fingerprint density at radius 1 is 1.27 bits per heavy atom. The Labute approximate surface area is 204 Å². The number of thiazole rings is 1. The number of anilines is 1. The van der Waals surface area contributed by atoms with Crippen molar-refractivity contribution in [2.24, 2.45) is 0 Å². The highest BCUT2D eigenvalue weighted by Gasteiger charge is 2.22. The highest BCUT2D eigenvalue weighted by atomic mass is 32.2. The second-order valence-corrected chi connectivity index (χ2v) is 10.7. The summed E-state index contributed by atoms with van der Waals surface area (Å²) in [5.74, 6) is 0.985. The molecule has 5 rings (SSSR count). The molecule has 1 saturated heterocycles. The molecule has 170 valence electrons. The molecule has 0 aliphatic carbocycles. The van der Waals surface area contributed by atoms with Crippen LogP contribution in [0.5, 0.6) is 0 Å². The van der Waals surface area contributed by atoms with Gasteiger partial charge in [0.25, 0.3) is 0 Å². The van der Waals surface area contributed by atoms with Crippen molar-refractivity contribution in [2.75, 3.05) is 17.7 Å². The van der Waals surface area contributed by atoms with Crippen LogP contribution in [0.1, 0.15) is 17.8 Å². The normalized spacial score (nSPS) is 15.7. The second-order valence-electron chi connectivity index (χ2n) is 7.70. The number of hydrogen-bond donors (Lipinski definition) is 1. The summed E-state index contributed by atoms with van der Waals surface area (Å²) in [6.07, 6.45) is 2.26. The van der Waals surface area contributed by atoms with Gasteiger partial charge in [0, 0.05) is 23.2 Å². The molecule has 1 aromatic carbocycles. The fourth-order valence-corrected chi connectivity index (χ4v) is 5.81. The van der Waals surface area contributed by atoms with Crippen molar-refractivity contribution in [3.8, 4) is 22.0 Å². The van der Waals surface area contributed by atoms with Crippen LogP contribution in [0.15, 0.2) is 52.3 Å². The Bertz CT molecular complexity index is 1230. The average molecular weight is 498 g/mol. The molecule has 1 N–H and O–H groups in total. The molecule has 1 fully saturated rings. The Kier molecular flexibility index (Phi) is 6.86. The molecule has 0 spiro atoms. The minimum Gasteiger partial charge on any atom is -0.376 e. The predicted octanol–water partition coefficient (Wildman–Crippen LogP) is 5.35. The van der Waals surface area contributed by atoms with Gasteiger partial charge in [0.2, 0.25) is 5.91 Å². The fourth-order valence-electron chi connectivity index (χ4n) is 3.72. The number of benzene rings is 1. The van der Waals surface area contributed by atoms with Crippen LogP contribution in [0.4, 0.5) is 5.69 Å². The molecule has 4 aromatic rings. The summed E-state index contributed by atoms with van der Waals surface area (Å²) in [4.78, 5) is 18.3. The number of thiophene rings is 1. The predicted molar refractivity (Wildman–Crippen MR) is 134 cm³/mol. The lowest BCUT2D eigenvalue weighted by atomic mass is 10.1. The van der Waals surface area contributed by atoms with Crippen LogP contribution in [-0.2, 0) is 16.1 Å². The summed E-state index contributed by atoms with van der Waals surface area (Å²) in [5, 5.41) is 17.6. The smallest absolute Gasteiger partial charge is 0.234 e. The zero-order chi connectivity index (χ0) is 22.6. The van der Waals surface area contributed by atoms with E-state index in [1.54, 1.807) is 22.7 Å². The van der Waals surface area contributed by atoms with E-state index in [2.05, 4.69) is 25.1 Å². The minimum absolute atomic E-state index is 0.0871. The van der Waals surface area contributed by atoms with Gasteiger partial charge in [0.15, 0.2) is 11.0 Å². The van der Waals surface area contributed by atoms with E-state index >= 15 is 0 Å². The van der Waals surface area contributed by atoms with E-state index in [0.717, 1.165) is 57.3 Å². The number of ether oxygens (including phenoxy) is 1. The first-order chi connectivity index (χ1) is 16.2. The zero-order valence-electron chi connectivity index (χ0n) is 18.1. The quantitative estimate of drug-likeness (QED) is 0.331. The lowest BCUT2D eigenvalue weighted by molar-refractivity contribution is -0.113. The van der Waals surface area contributed by atoms with E-state index in [1.807, 2.05) is 54.1 Å². The van der Waals surface area contributed by atoms with E-state index in [9.17, 15) is 4.79 Å². The molecular formula is C23H23N5O2S3. The molecule has 4 heterocycles.